The summed E-state index contributed by atoms with van der Waals surface area (Å²) in [5.74, 6) is -1.94. The summed E-state index contributed by atoms with van der Waals surface area (Å²) in [6.07, 6.45) is 0. The van der Waals surface area contributed by atoms with Gasteiger partial charge in [-0.05, 0) is 24.3 Å². The third kappa shape index (κ3) is 3.12. The second-order valence-electron chi connectivity index (χ2n) is 4.27. The molecule has 0 aliphatic heterocycles. The molecule has 7 nitrogen and oxygen atoms in total. The summed E-state index contributed by atoms with van der Waals surface area (Å²) < 4.78 is 31.9. The molecule has 0 saturated heterocycles. The molecule has 0 aliphatic rings. The predicted octanol–water partition coefficient (Wildman–Crippen LogP) is 1.27. The Bertz CT molecular complexity index is 816. The van der Waals surface area contributed by atoms with Crippen molar-refractivity contribution in [2.45, 2.75) is 4.90 Å². The fourth-order valence-electron chi connectivity index (χ4n) is 1.78. The van der Waals surface area contributed by atoms with Crippen LogP contribution in [-0.4, -0.2) is 26.6 Å². The molecule has 2 aromatic carbocycles. The van der Waals surface area contributed by atoms with E-state index in [1.54, 1.807) is 18.2 Å². The van der Waals surface area contributed by atoms with Crippen molar-refractivity contribution in [3.8, 4) is 11.5 Å². The van der Waals surface area contributed by atoms with E-state index in [1.165, 1.54) is 13.2 Å². The Balaban J connectivity index is 2.43. The molecule has 0 amide bonds. The van der Waals surface area contributed by atoms with Gasteiger partial charge in [-0.15, -0.1) is 0 Å². The Kier molecular flexibility index (Phi) is 4.22. The lowest BCUT2D eigenvalue weighted by atomic mass is 10.2. The van der Waals surface area contributed by atoms with Crippen LogP contribution in [0.15, 0.2) is 47.4 Å². The van der Waals surface area contributed by atoms with Crippen LogP contribution in [0.2, 0.25) is 0 Å². The lowest BCUT2D eigenvalue weighted by molar-refractivity contribution is -0.268. The van der Waals surface area contributed by atoms with Crippen LogP contribution in [0.25, 0.3) is 0 Å². The first kappa shape index (κ1) is 15.6. The van der Waals surface area contributed by atoms with Crippen molar-refractivity contribution >= 4 is 21.7 Å². The molecule has 8 heteroatoms. The highest BCUT2D eigenvalue weighted by Crippen LogP contribution is 2.27. The number of aromatic carboxylic acids is 1. The molecule has 0 radical (unpaired) electrons. The van der Waals surface area contributed by atoms with E-state index in [-0.39, 0.29) is 10.6 Å². The Morgan fingerprint density at radius 3 is 2.55 bits per heavy atom. The van der Waals surface area contributed by atoms with Gasteiger partial charge in [0.05, 0.1) is 23.3 Å². The van der Waals surface area contributed by atoms with E-state index in [1.807, 2.05) is 0 Å². The molecular weight excluding hydrogens is 310 g/mol. The summed E-state index contributed by atoms with van der Waals surface area (Å²) in [5, 5.41) is 20.3. The van der Waals surface area contributed by atoms with Crippen molar-refractivity contribution in [3.63, 3.8) is 0 Å². The van der Waals surface area contributed by atoms with Crippen LogP contribution in [0.3, 0.4) is 0 Å². The van der Waals surface area contributed by atoms with E-state index in [9.17, 15) is 18.3 Å². The number of sulfonamides is 1. The molecule has 0 atom stereocenters. The minimum Gasteiger partial charge on any atom is -0.872 e. The maximum Gasteiger partial charge on any atom is 0.335 e. The number of hydrogen-bond donors (Lipinski definition) is 2. The fourth-order valence-corrected chi connectivity index (χ4v) is 2.87. The highest BCUT2D eigenvalue weighted by Gasteiger charge is 2.18. The Labute approximate surface area is 126 Å². The van der Waals surface area contributed by atoms with Crippen LogP contribution >= 0.6 is 0 Å². The Hall–Kier alpha value is -2.74. The lowest BCUT2D eigenvalue weighted by Gasteiger charge is -2.14. The van der Waals surface area contributed by atoms with Crippen LogP contribution in [-0.2, 0) is 10.0 Å². The SMILES string of the molecule is COc1ccccc1NS(=O)(=O)c1ccc([O-])c(C(=O)O)c1. The molecule has 0 aromatic heterocycles. The summed E-state index contributed by atoms with van der Waals surface area (Å²) in [7, 11) is -2.66. The van der Waals surface area contributed by atoms with Crippen LogP contribution in [0.1, 0.15) is 10.4 Å². The zero-order valence-electron chi connectivity index (χ0n) is 11.4. The molecule has 0 bridgehead atoms. The molecule has 2 aromatic rings. The molecule has 0 heterocycles. The third-order valence-electron chi connectivity index (χ3n) is 2.84. The molecule has 0 aliphatic carbocycles. The Morgan fingerprint density at radius 2 is 1.91 bits per heavy atom. The van der Waals surface area contributed by atoms with E-state index in [4.69, 9.17) is 9.84 Å². The third-order valence-corrected chi connectivity index (χ3v) is 4.21. The molecule has 0 spiro atoms. The number of hydrogen-bond acceptors (Lipinski definition) is 5. The monoisotopic (exact) mass is 322 g/mol. The largest absolute Gasteiger partial charge is 0.872 e. The number of methoxy groups -OCH3 is 1. The number of carboxylic acid groups (broad SMARTS) is 1. The van der Waals surface area contributed by atoms with Crippen LogP contribution in [0.4, 0.5) is 5.69 Å². The van der Waals surface area contributed by atoms with Crippen LogP contribution in [0.5, 0.6) is 11.5 Å². The van der Waals surface area contributed by atoms with Crippen molar-refractivity contribution in [1.29, 1.82) is 0 Å². The van der Waals surface area contributed by atoms with Crippen molar-refractivity contribution in [3.05, 3.63) is 48.0 Å². The quantitative estimate of drug-likeness (QED) is 0.856. The molecule has 22 heavy (non-hydrogen) atoms. The first-order valence-electron chi connectivity index (χ1n) is 6.05. The second-order valence-corrected chi connectivity index (χ2v) is 5.95. The summed E-state index contributed by atoms with van der Waals surface area (Å²) in [6.45, 7) is 0. The number of carboxylic acids is 1. The van der Waals surface area contributed by atoms with Crippen molar-refractivity contribution in [2.24, 2.45) is 0 Å². The number of ether oxygens (including phenoxy) is 1. The van der Waals surface area contributed by atoms with E-state index >= 15 is 0 Å². The first-order valence-corrected chi connectivity index (χ1v) is 7.53. The van der Waals surface area contributed by atoms with Gasteiger partial charge in [-0.1, -0.05) is 23.9 Å². The summed E-state index contributed by atoms with van der Waals surface area (Å²) >= 11 is 0. The number of rotatable bonds is 5. The lowest BCUT2D eigenvalue weighted by Crippen LogP contribution is -2.15. The number of para-hydroxylation sites is 2. The maximum absolute atomic E-state index is 12.3. The minimum absolute atomic E-state index is 0.202. The van der Waals surface area contributed by atoms with Crippen molar-refractivity contribution < 1.29 is 28.2 Å². The summed E-state index contributed by atoms with van der Waals surface area (Å²) in [5.41, 5.74) is -0.407. The molecule has 2 N–H and O–H groups in total. The highest BCUT2D eigenvalue weighted by molar-refractivity contribution is 7.92. The normalized spacial score (nSPS) is 11.0. The Morgan fingerprint density at radius 1 is 1.23 bits per heavy atom. The number of benzene rings is 2. The van der Waals surface area contributed by atoms with Crippen molar-refractivity contribution in [2.75, 3.05) is 11.8 Å². The second kappa shape index (κ2) is 5.94. The van der Waals surface area contributed by atoms with E-state index in [0.29, 0.717) is 5.75 Å². The fraction of sp³-hybridized carbons (Fsp3) is 0.0714. The molecule has 116 valence electrons. The maximum atomic E-state index is 12.3. The van der Waals surface area contributed by atoms with Gasteiger partial charge in [0.2, 0.25) is 0 Å². The molecule has 0 fully saturated rings. The van der Waals surface area contributed by atoms with Crippen molar-refractivity contribution in [1.82, 2.24) is 0 Å². The van der Waals surface area contributed by atoms with Crippen LogP contribution in [0, 0.1) is 0 Å². The van der Waals surface area contributed by atoms with Gasteiger partial charge in [0.15, 0.2) is 0 Å². The van der Waals surface area contributed by atoms with Gasteiger partial charge in [-0.25, -0.2) is 13.2 Å². The highest BCUT2D eigenvalue weighted by atomic mass is 32.2. The van der Waals surface area contributed by atoms with Gasteiger partial charge in [-0.2, -0.15) is 0 Å². The minimum atomic E-state index is -4.05. The van der Waals surface area contributed by atoms with Gasteiger partial charge < -0.3 is 14.9 Å². The average Bonchev–Trinajstić information content (AvgIpc) is 2.47. The van der Waals surface area contributed by atoms with Gasteiger partial charge in [0, 0.05) is 0 Å². The number of anilines is 1. The first-order chi connectivity index (χ1) is 10.3. The zero-order chi connectivity index (χ0) is 16.3. The molecule has 0 unspecified atom stereocenters. The van der Waals surface area contributed by atoms with E-state index < -0.39 is 27.3 Å². The van der Waals surface area contributed by atoms with Gasteiger partial charge in [0.1, 0.15) is 5.75 Å². The standard InChI is InChI=1S/C14H13NO6S/c1-21-13-5-3-2-4-11(13)15-22(19,20)9-6-7-12(16)10(8-9)14(17)18/h2-8,15-16H,1H3,(H,17,18)/p-1. The predicted molar refractivity (Wildman–Crippen MR) is 76.6 cm³/mol. The van der Waals surface area contributed by atoms with Gasteiger partial charge >= 0.3 is 5.97 Å². The van der Waals surface area contributed by atoms with Crippen LogP contribution < -0.4 is 14.6 Å². The zero-order valence-corrected chi connectivity index (χ0v) is 12.3. The average molecular weight is 322 g/mol. The summed E-state index contributed by atoms with van der Waals surface area (Å²) in [4.78, 5) is 10.6. The number of nitrogens with one attached hydrogen (secondary N) is 1. The topological polar surface area (TPSA) is 116 Å². The molecule has 0 saturated carbocycles. The van der Waals surface area contributed by atoms with Gasteiger partial charge in [0.25, 0.3) is 10.0 Å². The summed E-state index contributed by atoms with van der Waals surface area (Å²) in [6, 6.07) is 9.13. The number of carbonyl (C=O) groups is 1. The molecule has 2 rings (SSSR count). The van der Waals surface area contributed by atoms with E-state index in [2.05, 4.69) is 4.72 Å². The smallest absolute Gasteiger partial charge is 0.335 e. The molecular formula is C14H12NO6S-. The van der Waals surface area contributed by atoms with Gasteiger partial charge in [-0.3, -0.25) is 4.72 Å². The van der Waals surface area contributed by atoms with E-state index in [0.717, 1.165) is 18.2 Å².